The summed E-state index contributed by atoms with van der Waals surface area (Å²) < 4.78 is 16.0. The maximum absolute atomic E-state index is 14.0. The molecular formula is C23H36FIN8. The SMILES string of the molecule is CCNC(=NCCCN1CCN(c2ccccc2F)CC1)NC1CCCn2nc(C)nc21.I. The number of benzene rings is 1. The van der Waals surface area contributed by atoms with Crippen LogP contribution in [0.3, 0.4) is 0 Å². The predicted octanol–water partition coefficient (Wildman–Crippen LogP) is 2.95. The van der Waals surface area contributed by atoms with Crippen molar-refractivity contribution in [3.8, 4) is 0 Å². The van der Waals surface area contributed by atoms with Crippen LogP contribution < -0.4 is 15.5 Å². The molecular weight excluding hydrogens is 534 g/mol. The minimum absolute atomic E-state index is 0. The van der Waals surface area contributed by atoms with E-state index in [1.165, 1.54) is 6.07 Å². The highest BCUT2D eigenvalue weighted by molar-refractivity contribution is 14.0. The number of piperazine rings is 1. The largest absolute Gasteiger partial charge is 0.367 e. The highest BCUT2D eigenvalue weighted by Crippen LogP contribution is 2.23. The highest BCUT2D eigenvalue weighted by atomic mass is 127. The Morgan fingerprint density at radius 1 is 1.18 bits per heavy atom. The first-order valence-electron chi connectivity index (χ1n) is 11.8. The topological polar surface area (TPSA) is 73.6 Å². The molecule has 3 heterocycles. The van der Waals surface area contributed by atoms with E-state index in [0.717, 1.165) is 89.2 Å². The first kappa shape index (κ1) is 25.7. The smallest absolute Gasteiger partial charge is 0.191 e. The van der Waals surface area contributed by atoms with E-state index in [1.807, 2.05) is 23.7 Å². The van der Waals surface area contributed by atoms with Crippen molar-refractivity contribution >= 4 is 35.6 Å². The Kier molecular flexibility index (Phi) is 9.72. The Hall–Kier alpha value is -1.95. The summed E-state index contributed by atoms with van der Waals surface area (Å²) in [6.07, 6.45) is 3.12. The molecule has 0 saturated carbocycles. The third-order valence-corrected chi connectivity index (χ3v) is 6.10. The van der Waals surface area contributed by atoms with Crippen LogP contribution in [0.5, 0.6) is 0 Å². The molecule has 2 aliphatic rings. The van der Waals surface area contributed by atoms with Crippen molar-refractivity contribution < 1.29 is 4.39 Å². The molecule has 8 nitrogen and oxygen atoms in total. The van der Waals surface area contributed by atoms with Crippen molar-refractivity contribution in [2.24, 2.45) is 4.99 Å². The monoisotopic (exact) mass is 570 g/mol. The molecule has 1 atom stereocenters. The fourth-order valence-electron chi connectivity index (χ4n) is 4.50. The summed E-state index contributed by atoms with van der Waals surface area (Å²) in [6.45, 7) is 11.2. The third-order valence-electron chi connectivity index (χ3n) is 6.10. The molecule has 2 aromatic rings. The van der Waals surface area contributed by atoms with Gasteiger partial charge in [0.15, 0.2) is 5.96 Å². The van der Waals surface area contributed by atoms with Crippen LogP contribution in [0.4, 0.5) is 10.1 Å². The number of halogens is 2. The number of hydrogen-bond donors (Lipinski definition) is 2. The molecule has 0 amide bonds. The van der Waals surface area contributed by atoms with Gasteiger partial charge in [-0.05, 0) is 45.2 Å². The van der Waals surface area contributed by atoms with E-state index in [0.29, 0.717) is 5.69 Å². The first-order chi connectivity index (χ1) is 15.6. The van der Waals surface area contributed by atoms with E-state index in [9.17, 15) is 4.39 Å². The Morgan fingerprint density at radius 2 is 1.97 bits per heavy atom. The van der Waals surface area contributed by atoms with Crippen molar-refractivity contribution in [1.29, 1.82) is 0 Å². The van der Waals surface area contributed by atoms with Gasteiger partial charge in [-0.2, -0.15) is 5.10 Å². The predicted molar refractivity (Wildman–Crippen MR) is 141 cm³/mol. The van der Waals surface area contributed by atoms with E-state index >= 15 is 0 Å². The summed E-state index contributed by atoms with van der Waals surface area (Å²) in [4.78, 5) is 14.0. The zero-order chi connectivity index (χ0) is 22.3. The lowest BCUT2D eigenvalue weighted by Gasteiger charge is -2.36. The van der Waals surface area contributed by atoms with Gasteiger partial charge in [0.2, 0.25) is 0 Å². The summed E-state index contributed by atoms with van der Waals surface area (Å²) >= 11 is 0. The van der Waals surface area contributed by atoms with Crippen LogP contribution in [-0.4, -0.2) is 71.4 Å². The molecule has 182 valence electrons. The standard InChI is InChI=1S/C23H35FN8.HI/c1-3-25-23(28-20-9-6-13-32-22(20)27-18(2)29-32)26-11-7-12-30-14-16-31(17-15-30)21-10-5-4-8-19(21)24;/h4-5,8,10,20H,3,6-7,9,11-17H2,1-2H3,(H2,25,26,28);1H. The van der Waals surface area contributed by atoms with E-state index in [2.05, 4.69) is 37.4 Å². The molecule has 2 N–H and O–H groups in total. The molecule has 4 rings (SSSR count). The van der Waals surface area contributed by atoms with Gasteiger partial charge in [0.25, 0.3) is 0 Å². The van der Waals surface area contributed by atoms with E-state index < -0.39 is 0 Å². The maximum Gasteiger partial charge on any atom is 0.191 e. The lowest BCUT2D eigenvalue weighted by Crippen LogP contribution is -2.47. The maximum atomic E-state index is 14.0. The molecule has 2 aliphatic heterocycles. The Labute approximate surface area is 213 Å². The van der Waals surface area contributed by atoms with Crippen molar-refractivity contribution in [2.75, 3.05) is 50.7 Å². The van der Waals surface area contributed by atoms with Crippen LogP contribution in [0, 0.1) is 12.7 Å². The minimum atomic E-state index is -0.134. The second-order valence-electron chi connectivity index (χ2n) is 8.47. The van der Waals surface area contributed by atoms with Crippen LogP contribution in [0.1, 0.15) is 43.9 Å². The molecule has 0 bridgehead atoms. The van der Waals surface area contributed by atoms with Crippen LogP contribution in [0.25, 0.3) is 0 Å². The first-order valence-corrected chi connectivity index (χ1v) is 11.8. The fraction of sp³-hybridized carbons (Fsp3) is 0.609. The van der Waals surface area contributed by atoms with Gasteiger partial charge in [-0.25, -0.2) is 14.1 Å². The summed E-state index contributed by atoms with van der Waals surface area (Å²) in [5.74, 6) is 2.54. The van der Waals surface area contributed by atoms with E-state index in [1.54, 1.807) is 6.07 Å². The molecule has 1 unspecified atom stereocenters. The number of nitrogens with one attached hydrogen (secondary N) is 2. The van der Waals surface area contributed by atoms with Gasteiger partial charge in [0, 0.05) is 52.4 Å². The quantitative estimate of drug-likeness (QED) is 0.231. The summed E-state index contributed by atoms with van der Waals surface area (Å²) in [5.41, 5.74) is 0.715. The Morgan fingerprint density at radius 3 is 2.73 bits per heavy atom. The van der Waals surface area contributed by atoms with Crippen LogP contribution in [0.15, 0.2) is 29.3 Å². The molecule has 0 radical (unpaired) electrons. The lowest BCUT2D eigenvalue weighted by molar-refractivity contribution is 0.256. The van der Waals surface area contributed by atoms with E-state index in [-0.39, 0.29) is 35.8 Å². The van der Waals surface area contributed by atoms with Crippen molar-refractivity contribution in [2.45, 2.75) is 45.7 Å². The number of aliphatic imine (C=N–C) groups is 1. The number of anilines is 1. The Bertz CT molecular complexity index is 910. The van der Waals surface area contributed by atoms with Gasteiger partial charge in [-0.1, -0.05) is 12.1 Å². The summed E-state index contributed by atoms with van der Waals surface area (Å²) in [6, 6.07) is 7.19. The number of aromatic nitrogens is 3. The number of hydrogen-bond acceptors (Lipinski definition) is 5. The molecule has 0 spiro atoms. The average molecular weight is 570 g/mol. The lowest BCUT2D eigenvalue weighted by atomic mass is 10.1. The highest BCUT2D eigenvalue weighted by Gasteiger charge is 2.24. The van der Waals surface area contributed by atoms with Crippen LogP contribution in [-0.2, 0) is 6.54 Å². The van der Waals surface area contributed by atoms with Crippen molar-refractivity contribution in [3.63, 3.8) is 0 Å². The van der Waals surface area contributed by atoms with Crippen LogP contribution >= 0.6 is 24.0 Å². The number of para-hydroxylation sites is 1. The van der Waals surface area contributed by atoms with Gasteiger partial charge >= 0.3 is 0 Å². The number of nitrogens with zero attached hydrogens (tertiary/aromatic N) is 6. The number of guanidine groups is 1. The normalized spacial score (nSPS) is 19.1. The van der Waals surface area contributed by atoms with Gasteiger partial charge < -0.3 is 15.5 Å². The molecule has 1 aromatic carbocycles. The molecule has 33 heavy (non-hydrogen) atoms. The molecule has 1 saturated heterocycles. The van der Waals surface area contributed by atoms with Gasteiger partial charge in [-0.15, -0.1) is 24.0 Å². The number of aryl methyl sites for hydroxylation is 2. The Balaban J connectivity index is 0.00000306. The van der Waals surface area contributed by atoms with Crippen molar-refractivity contribution in [3.05, 3.63) is 41.7 Å². The van der Waals surface area contributed by atoms with Gasteiger partial charge in [0.1, 0.15) is 17.5 Å². The summed E-state index contributed by atoms with van der Waals surface area (Å²) in [5, 5.41) is 11.4. The number of fused-ring (bicyclic) bond motifs is 1. The van der Waals surface area contributed by atoms with Crippen molar-refractivity contribution in [1.82, 2.24) is 30.3 Å². The van der Waals surface area contributed by atoms with Crippen LogP contribution in [0.2, 0.25) is 0 Å². The summed E-state index contributed by atoms with van der Waals surface area (Å²) in [7, 11) is 0. The zero-order valence-electron chi connectivity index (χ0n) is 19.6. The average Bonchev–Trinajstić information content (AvgIpc) is 3.19. The molecule has 10 heteroatoms. The second-order valence-corrected chi connectivity index (χ2v) is 8.47. The fourth-order valence-corrected chi connectivity index (χ4v) is 4.50. The van der Waals surface area contributed by atoms with Gasteiger partial charge in [0.05, 0.1) is 11.7 Å². The molecule has 1 aromatic heterocycles. The number of rotatable bonds is 7. The molecule has 1 fully saturated rings. The minimum Gasteiger partial charge on any atom is -0.367 e. The third kappa shape index (κ3) is 6.78. The second kappa shape index (κ2) is 12.5. The van der Waals surface area contributed by atoms with Gasteiger partial charge in [-0.3, -0.25) is 9.89 Å². The van der Waals surface area contributed by atoms with E-state index in [4.69, 9.17) is 4.99 Å². The zero-order valence-corrected chi connectivity index (χ0v) is 22.0. The molecule has 0 aliphatic carbocycles.